The van der Waals surface area contributed by atoms with Crippen LogP contribution in [0.2, 0.25) is 0 Å². The Balaban J connectivity index is 1.16. The Hall–Kier alpha value is -11.1. The molecule has 0 unspecified atom stereocenters. The lowest BCUT2D eigenvalue weighted by Gasteiger charge is -2.56. The predicted octanol–water partition coefficient (Wildman–Crippen LogP) is 23.5. The van der Waals surface area contributed by atoms with Gasteiger partial charge in [-0.1, -0.05) is 146 Å². The quantitative estimate of drug-likeness (QED) is 0.148. The molecular formula is C72H48N9O6P3. The average Bonchev–Trinajstić information content (AvgIpc) is 0.662. The average molecular weight is 1230 g/mol. The van der Waals surface area contributed by atoms with Crippen LogP contribution in [-0.2, 0) is 0 Å². The van der Waals surface area contributed by atoms with Gasteiger partial charge in [-0.15, -0.1) is 0 Å². The smallest absolute Gasteiger partial charge is 0.283 e. The largest absolute Gasteiger partial charge is 0.453 e. The molecule has 0 atom stereocenters. The summed E-state index contributed by atoms with van der Waals surface area (Å²) in [7, 11) is -13.3. The van der Waals surface area contributed by atoms with Crippen molar-refractivity contribution in [3.8, 4) is 69.0 Å². The fourth-order valence-corrected chi connectivity index (χ4v) is 28.2. The summed E-state index contributed by atoms with van der Waals surface area (Å²) in [6, 6.07) is 98.8. The number of para-hydroxylation sites is 24. The summed E-state index contributed by atoms with van der Waals surface area (Å²) in [6.07, 6.45) is 0. The van der Waals surface area contributed by atoms with Gasteiger partial charge < -0.3 is 28.4 Å². The normalized spacial score (nSPS) is 16.3. The van der Waals surface area contributed by atoms with Crippen molar-refractivity contribution in [2.75, 3.05) is 28.0 Å². The monoisotopic (exact) mass is 1230 g/mol. The number of hydrogen-bond acceptors (Lipinski definition) is 15. The van der Waals surface area contributed by atoms with E-state index < -0.39 is 22.5 Å². The summed E-state index contributed by atoms with van der Waals surface area (Å²) in [5, 5.41) is 0. The number of anilines is 12. The summed E-state index contributed by atoms with van der Waals surface area (Å²) in [6.45, 7) is 0. The molecule has 0 bridgehead atoms. The second kappa shape index (κ2) is 19.5. The molecule has 0 N–H and O–H groups in total. The van der Waals surface area contributed by atoms with E-state index in [4.69, 9.17) is 42.0 Å². The van der Waals surface area contributed by atoms with Gasteiger partial charge in [-0.05, 0) is 146 Å². The summed E-state index contributed by atoms with van der Waals surface area (Å²) in [5.74, 6) is 7.33. The Morgan fingerprint density at radius 2 is 0.256 bits per heavy atom. The van der Waals surface area contributed by atoms with Gasteiger partial charge in [0.05, 0.1) is 68.2 Å². The van der Waals surface area contributed by atoms with Crippen LogP contribution in [0.5, 0.6) is 69.0 Å². The molecule has 0 radical (unpaired) electrons. The minimum Gasteiger partial charge on any atom is -0.453 e. The minimum absolute atomic E-state index is 0.611. The highest BCUT2D eigenvalue weighted by Crippen LogP contribution is 2.92. The van der Waals surface area contributed by atoms with Crippen LogP contribution in [0.4, 0.5) is 68.2 Å². The molecule has 0 amide bonds. The van der Waals surface area contributed by atoms with E-state index in [1.54, 1.807) is 0 Å². The lowest BCUT2D eigenvalue weighted by Crippen LogP contribution is -2.36. The van der Waals surface area contributed by atoms with Gasteiger partial charge in [0.1, 0.15) is 0 Å². The van der Waals surface area contributed by atoms with E-state index in [9.17, 15) is 0 Å². The van der Waals surface area contributed by atoms with Crippen LogP contribution in [0.25, 0.3) is 0 Å². The van der Waals surface area contributed by atoms with E-state index in [1.165, 1.54) is 0 Å². The van der Waals surface area contributed by atoms with Crippen LogP contribution < -0.4 is 56.4 Å². The number of hydrogen-bond donors (Lipinski definition) is 0. The second-order valence-corrected chi connectivity index (χ2v) is 29.7. The maximum Gasteiger partial charge on any atom is 0.283 e. The van der Waals surface area contributed by atoms with Crippen molar-refractivity contribution in [2.24, 2.45) is 13.5 Å². The molecule has 7 aliphatic rings. The Morgan fingerprint density at radius 1 is 0.156 bits per heavy atom. The van der Waals surface area contributed by atoms with Crippen molar-refractivity contribution in [1.82, 2.24) is 0 Å². The zero-order chi connectivity index (χ0) is 59.1. The van der Waals surface area contributed by atoms with Crippen molar-refractivity contribution in [1.29, 1.82) is 0 Å². The number of fused-ring (bicyclic) bond motifs is 12. The molecule has 90 heavy (non-hydrogen) atoms. The van der Waals surface area contributed by atoms with Crippen molar-refractivity contribution in [2.45, 2.75) is 0 Å². The first-order valence-electron chi connectivity index (χ1n) is 29.5. The van der Waals surface area contributed by atoms with E-state index in [0.29, 0.717) is 69.0 Å². The SMILES string of the molecule is c1ccc2c(c1)Oc1ccccc1N2P1(N2c3ccccc3Oc3ccccc32)=NP(N2c3ccccc3Oc3ccccc32)(N2c3ccccc3Oc3ccccc32)=NP(N2c3ccccc3Oc3ccccc32)(N2c3ccccc3Oc3ccccc32)=N1. The molecule has 0 fully saturated rings. The highest BCUT2D eigenvalue weighted by molar-refractivity contribution is 7.91. The number of rotatable bonds is 6. The molecule has 0 aromatic heterocycles. The molecule has 7 aliphatic heterocycles. The van der Waals surface area contributed by atoms with Gasteiger partial charge in [-0.25, -0.2) is 0 Å². The first-order valence-corrected chi connectivity index (χ1v) is 34.3. The molecule has 0 saturated carbocycles. The summed E-state index contributed by atoms with van der Waals surface area (Å²) in [4.78, 5) is 0. The van der Waals surface area contributed by atoms with Gasteiger partial charge in [-0.2, -0.15) is 13.5 Å². The molecule has 7 heterocycles. The standard InChI is InChI=1S/C72H48N9O6P3/c1-13-37-61-49(25-1)76(50-26-2-14-38-62(50)82-61)88(77-51-27-3-15-39-63(51)83-64-40-16-4-28-52(64)77)73-89(78-53-29-5-17-41-65(53)84-66-42-18-6-30-54(66)78,79-55-31-7-19-43-67(55)85-68-44-20-8-32-56(68)79)75-90(74-88,80-57-33-9-21-45-69(57)86-70-46-22-10-34-58(70)80)81-59-35-11-23-47-71(59)87-72-48-24-12-36-60(72)81/h1-48H. The molecular weight excluding hydrogens is 1180 g/mol. The van der Waals surface area contributed by atoms with Gasteiger partial charge >= 0.3 is 0 Å². The molecule has 0 aliphatic carbocycles. The van der Waals surface area contributed by atoms with Gasteiger partial charge in [0.2, 0.25) is 0 Å². The third-order valence-corrected chi connectivity index (χ3v) is 28.3. The zero-order valence-electron chi connectivity index (χ0n) is 47.5. The van der Waals surface area contributed by atoms with Crippen LogP contribution in [0.1, 0.15) is 0 Å². The Morgan fingerprint density at radius 3 is 0.367 bits per heavy atom. The highest BCUT2D eigenvalue weighted by Gasteiger charge is 2.60. The van der Waals surface area contributed by atoms with Gasteiger partial charge in [0, 0.05) is 0 Å². The second-order valence-electron chi connectivity index (χ2n) is 22.0. The van der Waals surface area contributed by atoms with Crippen molar-refractivity contribution in [3.05, 3.63) is 291 Å². The molecule has 15 nitrogen and oxygen atoms in total. The van der Waals surface area contributed by atoms with E-state index in [1.807, 2.05) is 146 Å². The van der Waals surface area contributed by atoms with Gasteiger partial charge in [0.25, 0.3) is 22.5 Å². The third kappa shape index (κ3) is 7.27. The van der Waals surface area contributed by atoms with Crippen LogP contribution in [0.3, 0.4) is 0 Å². The highest BCUT2D eigenvalue weighted by atomic mass is 31.3. The lowest BCUT2D eigenvalue weighted by molar-refractivity contribution is 0.476. The summed E-state index contributed by atoms with van der Waals surface area (Å²) in [5.41, 5.74) is 8.75. The summed E-state index contributed by atoms with van der Waals surface area (Å²) < 4.78 is 78.9. The Kier molecular flexibility index (Phi) is 11.0. The summed E-state index contributed by atoms with van der Waals surface area (Å²) >= 11 is 0. The minimum atomic E-state index is -4.44. The topological polar surface area (TPSA) is 112 Å². The van der Waals surface area contributed by atoms with Crippen molar-refractivity contribution < 1.29 is 28.4 Å². The van der Waals surface area contributed by atoms with Gasteiger partial charge in [0.15, 0.2) is 69.0 Å². The molecule has 0 saturated heterocycles. The third-order valence-electron chi connectivity index (χ3n) is 16.8. The van der Waals surface area contributed by atoms with E-state index in [0.717, 1.165) is 68.2 Å². The molecule has 12 aromatic carbocycles. The fraction of sp³-hybridized carbons (Fsp3) is 0. The predicted molar refractivity (Wildman–Crippen MR) is 359 cm³/mol. The first-order chi connectivity index (χ1) is 44.6. The molecule has 19 rings (SSSR count). The van der Waals surface area contributed by atoms with Crippen LogP contribution >= 0.6 is 22.5 Å². The number of ether oxygens (including phenoxy) is 6. The Bertz CT molecular complexity index is 4120. The molecule has 12 aromatic rings. The van der Waals surface area contributed by atoms with Crippen LogP contribution in [-0.4, -0.2) is 0 Å². The molecule has 0 spiro atoms. The van der Waals surface area contributed by atoms with Crippen molar-refractivity contribution >= 4 is 90.8 Å². The van der Waals surface area contributed by atoms with Crippen LogP contribution in [0.15, 0.2) is 305 Å². The number of benzene rings is 12. The maximum atomic E-state index is 7.22. The number of nitrogens with zero attached hydrogens (tertiary/aromatic N) is 9. The maximum absolute atomic E-state index is 7.22. The lowest BCUT2D eigenvalue weighted by atomic mass is 10.2. The van der Waals surface area contributed by atoms with Gasteiger partial charge in [-0.3, -0.25) is 28.0 Å². The molecule has 18 heteroatoms. The van der Waals surface area contributed by atoms with Crippen molar-refractivity contribution in [3.63, 3.8) is 0 Å². The van der Waals surface area contributed by atoms with E-state index in [2.05, 4.69) is 174 Å². The first kappa shape index (κ1) is 51.0. The van der Waals surface area contributed by atoms with E-state index in [-0.39, 0.29) is 0 Å². The van der Waals surface area contributed by atoms with Crippen LogP contribution in [0, 0.1) is 0 Å². The zero-order valence-corrected chi connectivity index (χ0v) is 50.2. The van der Waals surface area contributed by atoms with E-state index >= 15 is 0 Å². The fourth-order valence-electron chi connectivity index (χ4n) is 13.1. The molecule has 432 valence electrons. The Labute approximate surface area is 518 Å².